The van der Waals surface area contributed by atoms with E-state index in [9.17, 15) is 13.9 Å². The molecule has 232 valence electrons. The number of rotatable bonds is 5. The normalized spacial score (nSPS) is 20.6. The number of aliphatic hydroxyl groups excluding tert-OH is 1. The number of benzene rings is 3. The van der Waals surface area contributed by atoms with E-state index in [1.807, 2.05) is 78.9 Å². The number of aromatic nitrogens is 1. The van der Waals surface area contributed by atoms with Gasteiger partial charge in [0.25, 0.3) is 5.92 Å². The van der Waals surface area contributed by atoms with Gasteiger partial charge in [-0.2, -0.15) is 0 Å². The third-order valence-corrected chi connectivity index (χ3v) is 8.32. The molecule has 43 heavy (non-hydrogen) atoms. The van der Waals surface area contributed by atoms with Gasteiger partial charge in [0.05, 0.1) is 17.4 Å². The topological polar surface area (TPSA) is 48.8 Å². The average molecular weight is 653 g/mol. The van der Waals surface area contributed by atoms with Crippen LogP contribution in [-0.4, -0.2) is 78.3 Å². The SMILES string of the molecule is CN1CCN(C[C@@H](O)COc2cccc3ncccc23)CC1.Cl.Cl.Cl.FC1(F)[C@@H]2c3ccccc3Cc3ccccc3[C@@H]21. The van der Waals surface area contributed by atoms with Crippen LogP contribution in [0.1, 0.15) is 34.1 Å². The Hall–Kier alpha value is -2.52. The van der Waals surface area contributed by atoms with Crippen molar-refractivity contribution >= 4 is 48.1 Å². The molecule has 1 aliphatic heterocycles. The lowest BCUT2D eigenvalue weighted by molar-refractivity contribution is 0.0509. The monoisotopic (exact) mass is 651 g/mol. The molecule has 2 aliphatic carbocycles. The summed E-state index contributed by atoms with van der Waals surface area (Å²) in [7, 11) is 2.13. The molecule has 0 spiro atoms. The number of ether oxygens (including phenoxy) is 1. The maximum atomic E-state index is 14.0. The van der Waals surface area contributed by atoms with E-state index in [-0.39, 0.29) is 37.2 Å². The van der Waals surface area contributed by atoms with E-state index in [1.54, 1.807) is 6.20 Å². The van der Waals surface area contributed by atoms with Gasteiger partial charge < -0.3 is 14.7 Å². The van der Waals surface area contributed by atoms with Gasteiger partial charge in [-0.1, -0.05) is 54.6 Å². The van der Waals surface area contributed by atoms with Crippen molar-refractivity contribution in [3.05, 3.63) is 107 Å². The fraction of sp³-hybridized carbons (Fsp3) is 0.364. The summed E-state index contributed by atoms with van der Waals surface area (Å²) in [4.78, 5) is 8.91. The third kappa shape index (κ3) is 7.59. The lowest BCUT2D eigenvalue weighted by Crippen LogP contribution is -2.47. The first-order valence-electron chi connectivity index (χ1n) is 14.0. The maximum Gasteiger partial charge on any atom is 0.263 e. The van der Waals surface area contributed by atoms with E-state index in [2.05, 4.69) is 21.8 Å². The van der Waals surface area contributed by atoms with E-state index < -0.39 is 23.9 Å². The smallest absolute Gasteiger partial charge is 0.263 e. The summed E-state index contributed by atoms with van der Waals surface area (Å²) in [5, 5.41) is 11.2. The Morgan fingerprint density at radius 1 is 0.837 bits per heavy atom. The Morgan fingerprint density at radius 2 is 1.44 bits per heavy atom. The van der Waals surface area contributed by atoms with Gasteiger partial charge >= 0.3 is 0 Å². The molecule has 0 amide bonds. The van der Waals surface area contributed by atoms with Crippen LogP contribution in [0.5, 0.6) is 5.75 Å². The second-order valence-electron chi connectivity index (χ2n) is 11.1. The molecule has 7 rings (SSSR count). The Balaban J connectivity index is 0.000000223. The molecular formula is C33H38Cl3F2N3O2. The van der Waals surface area contributed by atoms with Crippen molar-refractivity contribution in [2.45, 2.75) is 30.3 Å². The predicted octanol–water partition coefficient (Wildman–Crippen LogP) is 6.59. The van der Waals surface area contributed by atoms with E-state index >= 15 is 0 Å². The second-order valence-corrected chi connectivity index (χ2v) is 11.1. The molecular weight excluding hydrogens is 615 g/mol. The van der Waals surface area contributed by atoms with Crippen LogP contribution in [0.2, 0.25) is 0 Å². The Labute approximate surface area is 270 Å². The number of halogens is 5. The summed E-state index contributed by atoms with van der Waals surface area (Å²) in [6.07, 6.45) is 2.07. The first-order valence-corrected chi connectivity index (χ1v) is 14.0. The minimum atomic E-state index is -2.58. The summed E-state index contributed by atoms with van der Waals surface area (Å²) >= 11 is 0. The summed E-state index contributed by atoms with van der Waals surface area (Å²) in [6, 6.07) is 25.0. The second kappa shape index (κ2) is 15.0. The van der Waals surface area contributed by atoms with Crippen molar-refractivity contribution in [2.24, 2.45) is 0 Å². The summed E-state index contributed by atoms with van der Waals surface area (Å²) in [5.74, 6) is -3.02. The number of alkyl halides is 2. The summed E-state index contributed by atoms with van der Waals surface area (Å²) in [5.41, 5.74) is 4.69. The van der Waals surface area contributed by atoms with Crippen LogP contribution in [-0.2, 0) is 6.42 Å². The van der Waals surface area contributed by atoms with Crippen LogP contribution in [0.3, 0.4) is 0 Å². The van der Waals surface area contributed by atoms with Crippen LogP contribution in [0.25, 0.3) is 10.9 Å². The highest BCUT2D eigenvalue weighted by Gasteiger charge is 2.70. The van der Waals surface area contributed by atoms with Crippen molar-refractivity contribution in [3.8, 4) is 5.75 Å². The van der Waals surface area contributed by atoms with Gasteiger partial charge in [-0.15, -0.1) is 37.2 Å². The van der Waals surface area contributed by atoms with E-state index in [0.29, 0.717) is 13.2 Å². The summed E-state index contributed by atoms with van der Waals surface area (Å²) < 4.78 is 33.9. The van der Waals surface area contributed by atoms with Crippen LogP contribution in [0.15, 0.2) is 85.1 Å². The molecule has 0 unspecified atom stereocenters. The minimum Gasteiger partial charge on any atom is -0.490 e. The molecule has 0 radical (unpaired) electrons. The van der Waals surface area contributed by atoms with Gasteiger partial charge in [0, 0.05) is 44.3 Å². The molecule has 0 bridgehead atoms. The van der Waals surface area contributed by atoms with Crippen LogP contribution in [0, 0.1) is 0 Å². The number of hydrogen-bond donors (Lipinski definition) is 1. The number of fused-ring (bicyclic) bond motifs is 6. The van der Waals surface area contributed by atoms with Crippen molar-refractivity contribution in [1.29, 1.82) is 0 Å². The summed E-state index contributed by atoms with van der Waals surface area (Å²) in [6.45, 7) is 5.10. The number of aliphatic hydroxyl groups is 1. The first-order chi connectivity index (χ1) is 19.4. The molecule has 1 saturated heterocycles. The van der Waals surface area contributed by atoms with Gasteiger partial charge in [-0.3, -0.25) is 9.88 Å². The highest BCUT2D eigenvalue weighted by Crippen LogP contribution is 2.69. The van der Waals surface area contributed by atoms with Crippen LogP contribution >= 0.6 is 37.2 Å². The van der Waals surface area contributed by atoms with E-state index in [0.717, 1.165) is 71.5 Å². The van der Waals surface area contributed by atoms with Crippen molar-refractivity contribution < 1.29 is 18.6 Å². The fourth-order valence-corrected chi connectivity index (χ4v) is 6.07. The van der Waals surface area contributed by atoms with Gasteiger partial charge in [0.15, 0.2) is 0 Å². The molecule has 10 heteroatoms. The standard InChI is InChI=1S/C17H23N3O2.C16H12F2.3ClH/c1-19-8-10-20(11-9-19)12-14(21)13-22-17-6-2-5-16-15(17)4-3-7-18-16;17-16(18)14-12-7-3-1-5-10(12)9-11-6-2-4-8-13(11)15(14)16;;;/h2-7,14,21H,8-13H2,1H3;1-8,14-15H,9H2;3*1H/t14-;14-,15+;;;/m1..../s1. The molecule has 3 aromatic carbocycles. The van der Waals surface area contributed by atoms with E-state index in [4.69, 9.17) is 4.74 Å². The third-order valence-electron chi connectivity index (χ3n) is 8.32. The first kappa shape index (κ1) is 35.0. The lowest BCUT2D eigenvalue weighted by atomic mass is 9.97. The van der Waals surface area contributed by atoms with Crippen LogP contribution < -0.4 is 4.74 Å². The highest BCUT2D eigenvalue weighted by molar-refractivity contribution is 5.86. The van der Waals surface area contributed by atoms with Gasteiger partial charge in [-0.05, 0) is 60.0 Å². The zero-order valence-corrected chi connectivity index (χ0v) is 26.4. The largest absolute Gasteiger partial charge is 0.490 e. The number of hydrogen-bond acceptors (Lipinski definition) is 5. The lowest BCUT2D eigenvalue weighted by Gasteiger charge is -2.33. The highest BCUT2D eigenvalue weighted by atomic mass is 35.5. The quantitative estimate of drug-likeness (QED) is 0.264. The van der Waals surface area contributed by atoms with Gasteiger partial charge in [-0.25, -0.2) is 8.78 Å². The number of piperazine rings is 1. The molecule has 2 heterocycles. The van der Waals surface area contributed by atoms with Gasteiger partial charge in [0.2, 0.25) is 0 Å². The van der Waals surface area contributed by atoms with E-state index in [1.165, 1.54) is 0 Å². The fourth-order valence-electron chi connectivity index (χ4n) is 6.07. The van der Waals surface area contributed by atoms with Gasteiger partial charge in [0.1, 0.15) is 18.5 Å². The average Bonchev–Trinajstić information content (AvgIpc) is 3.59. The number of β-amino-alcohol motifs (C(OH)–C–C–N with tert-alkyl or cyclic N) is 1. The molecule has 1 aromatic heterocycles. The van der Waals surface area contributed by atoms with Crippen molar-refractivity contribution in [3.63, 3.8) is 0 Å². The number of likely N-dealkylation sites (N-methyl/N-ethyl adjacent to an activating group) is 1. The molecule has 2 fully saturated rings. The maximum absolute atomic E-state index is 14.0. The van der Waals surface area contributed by atoms with Crippen molar-refractivity contribution in [2.75, 3.05) is 46.4 Å². The molecule has 1 N–H and O–H groups in total. The van der Waals surface area contributed by atoms with Crippen LogP contribution in [0.4, 0.5) is 8.78 Å². The molecule has 1 saturated carbocycles. The molecule has 5 nitrogen and oxygen atoms in total. The Bertz CT molecular complexity index is 1430. The molecule has 3 aliphatic rings. The number of nitrogens with zero attached hydrogens (tertiary/aromatic N) is 3. The molecule has 4 aromatic rings. The zero-order chi connectivity index (χ0) is 27.7. The minimum absolute atomic E-state index is 0. The zero-order valence-electron chi connectivity index (χ0n) is 23.9. The predicted molar refractivity (Wildman–Crippen MR) is 175 cm³/mol. The Kier molecular flexibility index (Phi) is 12.2. The molecule has 3 atom stereocenters. The Morgan fingerprint density at radius 3 is 2.07 bits per heavy atom. The van der Waals surface area contributed by atoms with Crippen molar-refractivity contribution in [1.82, 2.24) is 14.8 Å². The number of pyridine rings is 1.